The predicted octanol–water partition coefficient (Wildman–Crippen LogP) is 3.61. The van der Waals surface area contributed by atoms with Crippen molar-refractivity contribution in [2.24, 2.45) is 0 Å². The number of hydrogen-bond acceptors (Lipinski definition) is 4. The highest BCUT2D eigenvalue weighted by atomic mass is 32.1. The van der Waals surface area contributed by atoms with Crippen LogP contribution in [0.4, 0.5) is 5.69 Å². The maximum Gasteiger partial charge on any atom is 0.152 e. The lowest BCUT2D eigenvalue weighted by Gasteiger charge is -2.21. The third kappa shape index (κ3) is 2.59. The molecule has 0 unspecified atom stereocenters. The standard InChI is InChI=1S/C15H17N2OS/c1-2-18-12-5-6-13(14-10-19-11-16-14)15(9-12)17-7-3-4-8-17/h5-6,9-10H,2-4,7-8H2,1H3. The zero-order valence-corrected chi connectivity index (χ0v) is 11.9. The van der Waals surface area contributed by atoms with Gasteiger partial charge in [0.05, 0.1) is 12.3 Å². The van der Waals surface area contributed by atoms with Crippen molar-refractivity contribution in [2.45, 2.75) is 19.8 Å². The molecule has 19 heavy (non-hydrogen) atoms. The van der Waals surface area contributed by atoms with Crippen LogP contribution in [0.25, 0.3) is 11.3 Å². The van der Waals surface area contributed by atoms with E-state index in [0.29, 0.717) is 6.61 Å². The van der Waals surface area contributed by atoms with Crippen LogP contribution < -0.4 is 9.64 Å². The van der Waals surface area contributed by atoms with E-state index in [1.54, 1.807) is 0 Å². The van der Waals surface area contributed by atoms with E-state index in [9.17, 15) is 0 Å². The Kier molecular flexibility index (Phi) is 3.69. The molecular formula is C15H17N2OS. The molecule has 3 rings (SSSR count). The van der Waals surface area contributed by atoms with E-state index in [0.717, 1.165) is 24.5 Å². The molecule has 1 aliphatic rings. The van der Waals surface area contributed by atoms with E-state index in [2.05, 4.69) is 32.9 Å². The van der Waals surface area contributed by atoms with Crippen molar-refractivity contribution in [3.63, 3.8) is 0 Å². The summed E-state index contributed by atoms with van der Waals surface area (Å²) in [5.41, 5.74) is 6.36. The summed E-state index contributed by atoms with van der Waals surface area (Å²) in [5.74, 6) is 0.937. The molecule has 1 fully saturated rings. The van der Waals surface area contributed by atoms with E-state index in [-0.39, 0.29) is 0 Å². The first-order valence-electron chi connectivity index (χ1n) is 6.72. The molecule has 0 N–H and O–H groups in total. The largest absolute Gasteiger partial charge is 0.494 e. The van der Waals surface area contributed by atoms with Gasteiger partial charge in [-0.3, -0.25) is 0 Å². The molecule has 0 aliphatic carbocycles. The van der Waals surface area contributed by atoms with Crippen LogP contribution in [0.5, 0.6) is 5.75 Å². The summed E-state index contributed by atoms with van der Waals surface area (Å²) < 4.78 is 5.63. The minimum Gasteiger partial charge on any atom is -0.494 e. The number of aromatic nitrogens is 1. The van der Waals surface area contributed by atoms with Gasteiger partial charge in [-0.2, -0.15) is 0 Å². The Morgan fingerprint density at radius 2 is 2.21 bits per heavy atom. The van der Waals surface area contributed by atoms with Gasteiger partial charge in [-0.1, -0.05) is 0 Å². The minimum absolute atomic E-state index is 0.698. The van der Waals surface area contributed by atoms with Crippen molar-refractivity contribution in [2.75, 3.05) is 24.6 Å². The van der Waals surface area contributed by atoms with Crippen LogP contribution >= 0.6 is 11.3 Å². The first-order valence-corrected chi connectivity index (χ1v) is 7.60. The summed E-state index contributed by atoms with van der Waals surface area (Å²) in [7, 11) is 0. The predicted molar refractivity (Wildman–Crippen MR) is 79.0 cm³/mol. The van der Waals surface area contributed by atoms with Crippen LogP contribution in [-0.4, -0.2) is 24.7 Å². The summed E-state index contributed by atoms with van der Waals surface area (Å²) in [6.45, 7) is 4.95. The average molecular weight is 273 g/mol. The summed E-state index contributed by atoms with van der Waals surface area (Å²) in [4.78, 5) is 6.75. The SMILES string of the molecule is CCOc1ccc(-c2cs[c]n2)c(N2CCCC2)c1. The highest BCUT2D eigenvalue weighted by Crippen LogP contribution is 2.35. The second-order valence-electron chi connectivity index (χ2n) is 4.63. The minimum atomic E-state index is 0.698. The maximum atomic E-state index is 5.63. The van der Waals surface area contributed by atoms with Crippen LogP contribution in [0.2, 0.25) is 0 Å². The second-order valence-corrected chi connectivity index (χ2v) is 5.28. The fraction of sp³-hybridized carbons (Fsp3) is 0.400. The van der Waals surface area contributed by atoms with Gasteiger partial charge in [-0.15, -0.1) is 11.3 Å². The van der Waals surface area contributed by atoms with Crippen LogP contribution in [0.3, 0.4) is 0 Å². The summed E-state index contributed by atoms with van der Waals surface area (Å²) in [6, 6.07) is 6.28. The molecule has 1 aromatic heterocycles. The molecule has 0 saturated carbocycles. The summed E-state index contributed by atoms with van der Waals surface area (Å²) in [6.07, 6.45) is 2.53. The molecule has 99 valence electrons. The lowest BCUT2D eigenvalue weighted by Crippen LogP contribution is -2.18. The van der Waals surface area contributed by atoms with Crippen LogP contribution in [-0.2, 0) is 0 Å². The number of hydrogen-bond donors (Lipinski definition) is 0. The third-order valence-corrected chi connectivity index (χ3v) is 3.93. The Hall–Kier alpha value is -1.55. The van der Waals surface area contributed by atoms with E-state index in [1.165, 1.54) is 35.4 Å². The highest BCUT2D eigenvalue weighted by molar-refractivity contribution is 7.07. The molecule has 3 nitrogen and oxygen atoms in total. The van der Waals surface area contributed by atoms with Crippen molar-refractivity contribution in [1.29, 1.82) is 0 Å². The van der Waals surface area contributed by atoms with Crippen LogP contribution in [0.15, 0.2) is 23.6 Å². The Bertz CT molecular complexity index is 533. The van der Waals surface area contributed by atoms with E-state index in [4.69, 9.17) is 4.74 Å². The molecule has 0 bridgehead atoms. The van der Waals surface area contributed by atoms with Gasteiger partial charge in [0, 0.05) is 35.8 Å². The summed E-state index contributed by atoms with van der Waals surface area (Å²) in [5, 5.41) is 2.05. The summed E-state index contributed by atoms with van der Waals surface area (Å²) >= 11 is 1.51. The molecule has 2 heterocycles. The van der Waals surface area contributed by atoms with Crippen molar-refractivity contribution >= 4 is 17.0 Å². The van der Waals surface area contributed by atoms with Crippen molar-refractivity contribution in [3.8, 4) is 17.0 Å². The lowest BCUT2D eigenvalue weighted by atomic mass is 10.1. The molecule has 1 radical (unpaired) electrons. The lowest BCUT2D eigenvalue weighted by molar-refractivity contribution is 0.340. The highest BCUT2D eigenvalue weighted by Gasteiger charge is 2.18. The molecule has 0 atom stereocenters. The maximum absolute atomic E-state index is 5.63. The van der Waals surface area contributed by atoms with E-state index >= 15 is 0 Å². The van der Waals surface area contributed by atoms with Gasteiger partial charge < -0.3 is 9.64 Å². The number of nitrogens with zero attached hydrogens (tertiary/aromatic N) is 2. The van der Waals surface area contributed by atoms with Crippen LogP contribution in [0.1, 0.15) is 19.8 Å². The van der Waals surface area contributed by atoms with Crippen molar-refractivity contribution in [1.82, 2.24) is 4.98 Å². The second kappa shape index (κ2) is 5.61. The Balaban J connectivity index is 2.02. The zero-order chi connectivity index (χ0) is 13.1. The molecule has 0 spiro atoms. The molecule has 1 saturated heterocycles. The van der Waals surface area contributed by atoms with Gasteiger partial charge in [0.2, 0.25) is 0 Å². The van der Waals surface area contributed by atoms with Crippen molar-refractivity contribution < 1.29 is 4.74 Å². The fourth-order valence-electron chi connectivity index (χ4n) is 2.51. The number of anilines is 1. The van der Waals surface area contributed by atoms with Crippen LogP contribution in [0, 0.1) is 5.51 Å². The number of rotatable bonds is 4. The van der Waals surface area contributed by atoms with Crippen molar-refractivity contribution in [3.05, 3.63) is 29.1 Å². The Morgan fingerprint density at radius 1 is 1.37 bits per heavy atom. The molecule has 0 amide bonds. The number of benzene rings is 1. The topological polar surface area (TPSA) is 25.4 Å². The van der Waals surface area contributed by atoms with Gasteiger partial charge >= 0.3 is 0 Å². The molecule has 1 aliphatic heterocycles. The van der Waals surface area contributed by atoms with Gasteiger partial charge in [0.25, 0.3) is 0 Å². The van der Waals surface area contributed by atoms with E-state index in [1.807, 2.05) is 13.0 Å². The first-order chi connectivity index (χ1) is 9.38. The first kappa shape index (κ1) is 12.5. The van der Waals surface area contributed by atoms with Gasteiger partial charge in [0.1, 0.15) is 5.75 Å². The molecule has 4 heteroatoms. The smallest absolute Gasteiger partial charge is 0.152 e. The Labute approximate surface area is 117 Å². The van der Waals surface area contributed by atoms with Gasteiger partial charge in [-0.05, 0) is 31.9 Å². The normalized spacial score (nSPS) is 14.9. The molecule has 1 aromatic carbocycles. The third-order valence-electron chi connectivity index (χ3n) is 3.39. The van der Waals surface area contributed by atoms with Gasteiger partial charge in [0.15, 0.2) is 5.51 Å². The Morgan fingerprint density at radius 3 is 2.89 bits per heavy atom. The fourth-order valence-corrected chi connectivity index (χ4v) is 3.01. The monoisotopic (exact) mass is 273 g/mol. The molecular weight excluding hydrogens is 256 g/mol. The van der Waals surface area contributed by atoms with Gasteiger partial charge in [-0.25, -0.2) is 4.98 Å². The zero-order valence-electron chi connectivity index (χ0n) is 11.1. The molecule has 2 aromatic rings. The average Bonchev–Trinajstić information content (AvgIpc) is 3.13. The number of ether oxygens (including phenoxy) is 1. The van der Waals surface area contributed by atoms with E-state index < -0.39 is 0 Å². The number of thiazole rings is 1. The quantitative estimate of drug-likeness (QED) is 0.851.